The molecule has 2 aliphatic rings. The smallest absolute Gasteiger partial charge is 0.115 e. The van der Waals surface area contributed by atoms with Gasteiger partial charge in [0.15, 0.2) is 0 Å². The standard InChI is InChI=1S/C20H26N2O/c1-3-22-13-14(2)18-10-16-12-21-8-7-20(16,11-19(18)22)15-5-4-6-17(23)9-15/h4-6,9,13,16,21,23H,3,7-8,10-12H2,1-2H3. The molecule has 0 radical (unpaired) electrons. The third-order valence-corrected chi connectivity index (χ3v) is 6.14. The van der Waals surface area contributed by atoms with E-state index >= 15 is 0 Å². The Morgan fingerprint density at radius 3 is 3.04 bits per heavy atom. The molecule has 2 atom stereocenters. The summed E-state index contributed by atoms with van der Waals surface area (Å²) in [5.74, 6) is 0.999. The molecule has 122 valence electrons. The van der Waals surface area contributed by atoms with Crippen LogP contribution in [0.4, 0.5) is 0 Å². The molecule has 2 N–H and O–H groups in total. The molecule has 1 aromatic heterocycles. The number of aryl methyl sites for hydroxylation is 2. The normalized spacial score (nSPS) is 26.6. The first-order chi connectivity index (χ1) is 11.1. The molecule has 23 heavy (non-hydrogen) atoms. The molecule has 4 rings (SSSR count). The molecule has 3 heteroatoms. The maximum Gasteiger partial charge on any atom is 0.115 e. The van der Waals surface area contributed by atoms with Crippen LogP contribution in [0.2, 0.25) is 0 Å². The van der Waals surface area contributed by atoms with E-state index in [1.807, 2.05) is 12.1 Å². The number of phenols is 1. The molecule has 1 fully saturated rings. The van der Waals surface area contributed by atoms with Gasteiger partial charge in [-0.05, 0) is 80.9 Å². The summed E-state index contributed by atoms with van der Waals surface area (Å²) in [5, 5.41) is 13.6. The fraction of sp³-hybridized carbons (Fsp3) is 0.500. The minimum absolute atomic E-state index is 0.161. The van der Waals surface area contributed by atoms with Crippen molar-refractivity contribution in [1.29, 1.82) is 0 Å². The number of hydrogen-bond acceptors (Lipinski definition) is 2. The van der Waals surface area contributed by atoms with Crippen molar-refractivity contribution in [3.05, 3.63) is 52.8 Å². The van der Waals surface area contributed by atoms with Gasteiger partial charge in [-0.1, -0.05) is 12.1 Å². The van der Waals surface area contributed by atoms with E-state index in [-0.39, 0.29) is 5.41 Å². The lowest BCUT2D eigenvalue weighted by molar-refractivity contribution is 0.179. The van der Waals surface area contributed by atoms with Crippen LogP contribution in [0.5, 0.6) is 5.75 Å². The van der Waals surface area contributed by atoms with Crippen molar-refractivity contribution in [2.45, 2.75) is 45.1 Å². The van der Waals surface area contributed by atoms with Crippen LogP contribution < -0.4 is 5.32 Å². The zero-order valence-corrected chi connectivity index (χ0v) is 14.1. The van der Waals surface area contributed by atoms with E-state index in [0.29, 0.717) is 11.7 Å². The molecule has 2 aromatic rings. The first kappa shape index (κ1) is 14.8. The Morgan fingerprint density at radius 1 is 1.39 bits per heavy atom. The molecule has 3 nitrogen and oxygen atoms in total. The summed E-state index contributed by atoms with van der Waals surface area (Å²) in [6.07, 6.45) is 5.72. The van der Waals surface area contributed by atoms with Gasteiger partial charge in [0.05, 0.1) is 0 Å². The third-order valence-electron chi connectivity index (χ3n) is 6.14. The Labute approximate surface area is 138 Å². The zero-order valence-electron chi connectivity index (χ0n) is 14.1. The van der Waals surface area contributed by atoms with Gasteiger partial charge in [-0.2, -0.15) is 0 Å². The van der Waals surface area contributed by atoms with Crippen LogP contribution in [-0.2, 0) is 24.8 Å². The lowest BCUT2D eigenvalue weighted by Gasteiger charge is -2.48. The minimum atomic E-state index is 0.161. The van der Waals surface area contributed by atoms with Crippen LogP contribution >= 0.6 is 0 Å². The highest BCUT2D eigenvalue weighted by atomic mass is 16.3. The lowest BCUT2D eigenvalue weighted by atomic mass is 9.59. The maximum absolute atomic E-state index is 10.0. The highest BCUT2D eigenvalue weighted by Gasteiger charge is 2.46. The summed E-state index contributed by atoms with van der Waals surface area (Å²) in [5.41, 5.74) is 6.00. The van der Waals surface area contributed by atoms with Gasteiger partial charge in [0.1, 0.15) is 5.75 Å². The fourth-order valence-corrected chi connectivity index (χ4v) is 4.89. The summed E-state index contributed by atoms with van der Waals surface area (Å²) < 4.78 is 2.44. The van der Waals surface area contributed by atoms with Crippen LogP contribution in [0.15, 0.2) is 30.5 Å². The van der Waals surface area contributed by atoms with E-state index in [2.05, 4.69) is 36.0 Å². The number of aromatic hydroxyl groups is 1. The molecule has 1 aliphatic heterocycles. The molecule has 1 saturated heterocycles. The van der Waals surface area contributed by atoms with Gasteiger partial charge >= 0.3 is 0 Å². The Balaban J connectivity index is 1.86. The van der Waals surface area contributed by atoms with Crippen molar-refractivity contribution >= 4 is 0 Å². The number of hydrogen-bond donors (Lipinski definition) is 2. The highest BCUT2D eigenvalue weighted by Crippen LogP contribution is 2.47. The second-order valence-electron chi connectivity index (χ2n) is 7.26. The van der Waals surface area contributed by atoms with E-state index in [9.17, 15) is 5.11 Å². The number of benzene rings is 1. The van der Waals surface area contributed by atoms with Crippen LogP contribution in [0.3, 0.4) is 0 Å². The number of nitrogens with zero attached hydrogens (tertiary/aromatic N) is 1. The number of aromatic nitrogens is 1. The first-order valence-electron chi connectivity index (χ1n) is 8.82. The minimum Gasteiger partial charge on any atom is -0.508 e. The lowest BCUT2D eigenvalue weighted by Crippen LogP contribution is -2.52. The van der Waals surface area contributed by atoms with Gasteiger partial charge in [-0.15, -0.1) is 0 Å². The summed E-state index contributed by atoms with van der Waals surface area (Å²) >= 11 is 0. The van der Waals surface area contributed by atoms with Gasteiger partial charge in [0, 0.05) is 23.9 Å². The predicted molar refractivity (Wildman–Crippen MR) is 93.0 cm³/mol. The quantitative estimate of drug-likeness (QED) is 0.894. The molecule has 0 amide bonds. The largest absolute Gasteiger partial charge is 0.508 e. The summed E-state index contributed by atoms with van der Waals surface area (Å²) in [6.45, 7) is 7.66. The van der Waals surface area contributed by atoms with Crippen molar-refractivity contribution in [3.8, 4) is 5.75 Å². The van der Waals surface area contributed by atoms with Crippen LogP contribution in [-0.4, -0.2) is 22.8 Å². The number of piperidine rings is 1. The molecule has 2 heterocycles. The monoisotopic (exact) mass is 310 g/mol. The van der Waals surface area contributed by atoms with Crippen molar-refractivity contribution in [2.75, 3.05) is 13.1 Å². The van der Waals surface area contributed by atoms with E-state index in [4.69, 9.17) is 0 Å². The number of nitrogens with one attached hydrogen (secondary N) is 1. The Bertz CT molecular complexity index is 733. The van der Waals surface area contributed by atoms with Gasteiger partial charge in [0.25, 0.3) is 0 Å². The highest BCUT2D eigenvalue weighted by molar-refractivity contribution is 5.43. The van der Waals surface area contributed by atoms with Crippen molar-refractivity contribution in [2.24, 2.45) is 5.92 Å². The Kier molecular flexibility index (Phi) is 3.49. The Hall–Kier alpha value is -1.74. The van der Waals surface area contributed by atoms with E-state index in [1.165, 1.54) is 16.8 Å². The molecular formula is C20H26N2O. The van der Waals surface area contributed by atoms with E-state index < -0.39 is 0 Å². The third kappa shape index (κ3) is 2.21. The zero-order chi connectivity index (χ0) is 16.0. The van der Waals surface area contributed by atoms with Crippen LogP contribution in [0, 0.1) is 12.8 Å². The first-order valence-corrected chi connectivity index (χ1v) is 8.82. The topological polar surface area (TPSA) is 37.2 Å². The van der Waals surface area contributed by atoms with Gasteiger partial charge in [-0.25, -0.2) is 0 Å². The average molecular weight is 310 g/mol. The van der Waals surface area contributed by atoms with Gasteiger partial charge in [-0.3, -0.25) is 0 Å². The van der Waals surface area contributed by atoms with Crippen molar-refractivity contribution < 1.29 is 5.11 Å². The number of rotatable bonds is 2. The van der Waals surface area contributed by atoms with Gasteiger partial charge in [0.2, 0.25) is 0 Å². The number of fused-ring (bicyclic) bond motifs is 2. The van der Waals surface area contributed by atoms with E-state index in [0.717, 1.165) is 38.9 Å². The molecule has 0 saturated carbocycles. The molecule has 0 spiro atoms. The van der Waals surface area contributed by atoms with Crippen LogP contribution in [0.1, 0.15) is 35.7 Å². The van der Waals surface area contributed by atoms with Gasteiger partial charge < -0.3 is 15.0 Å². The Morgan fingerprint density at radius 2 is 2.26 bits per heavy atom. The van der Waals surface area contributed by atoms with Crippen LogP contribution in [0.25, 0.3) is 0 Å². The second-order valence-corrected chi connectivity index (χ2v) is 7.26. The summed E-state index contributed by atoms with van der Waals surface area (Å²) in [7, 11) is 0. The van der Waals surface area contributed by atoms with Crippen molar-refractivity contribution in [1.82, 2.24) is 9.88 Å². The fourth-order valence-electron chi connectivity index (χ4n) is 4.89. The second kappa shape index (κ2) is 5.41. The summed E-state index contributed by atoms with van der Waals surface area (Å²) in [4.78, 5) is 0. The molecule has 1 aliphatic carbocycles. The number of phenolic OH excluding ortho intramolecular Hbond substituents is 1. The summed E-state index contributed by atoms with van der Waals surface area (Å²) in [6, 6.07) is 7.99. The predicted octanol–water partition coefficient (Wildman–Crippen LogP) is 3.17. The maximum atomic E-state index is 10.0. The SMILES string of the molecule is CCn1cc(C)c2c1CC1(c3cccc(O)c3)CCNCC1C2. The molecular weight excluding hydrogens is 284 g/mol. The van der Waals surface area contributed by atoms with E-state index in [1.54, 1.807) is 11.6 Å². The molecule has 0 bridgehead atoms. The molecule has 2 unspecified atom stereocenters. The molecule has 1 aromatic carbocycles. The van der Waals surface area contributed by atoms with Crippen molar-refractivity contribution in [3.63, 3.8) is 0 Å². The average Bonchev–Trinajstić information content (AvgIpc) is 2.88.